The molecule has 0 spiro atoms. The van der Waals surface area contributed by atoms with Crippen molar-refractivity contribution >= 4 is 11.3 Å². The van der Waals surface area contributed by atoms with Gasteiger partial charge < -0.3 is 5.32 Å². The summed E-state index contributed by atoms with van der Waals surface area (Å²) < 4.78 is 0. The lowest BCUT2D eigenvalue weighted by atomic mass is 9.85. The van der Waals surface area contributed by atoms with Gasteiger partial charge in [-0.05, 0) is 18.8 Å². The standard InChI is InChI=1S/C12H22N2S/c1-6-10(12(3,4)5)14-9(2)11-13-7-8-15-11/h7-10,14H,6H2,1-5H3. The highest BCUT2D eigenvalue weighted by Crippen LogP contribution is 2.25. The molecule has 15 heavy (non-hydrogen) atoms. The third-order valence-electron chi connectivity index (χ3n) is 2.73. The zero-order valence-electron chi connectivity index (χ0n) is 10.4. The Kier molecular flexibility index (Phi) is 4.29. The van der Waals surface area contributed by atoms with Crippen LogP contribution in [0.2, 0.25) is 0 Å². The first-order valence-corrected chi connectivity index (χ1v) is 6.48. The van der Waals surface area contributed by atoms with Crippen molar-refractivity contribution in [3.63, 3.8) is 0 Å². The van der Waals surface area contributed by atoms with E-state index < -0.39 is 0 Å². The number of hydrogen-bond acceptors (Lipinski definition) is 3. The zero-order valence-corrected chi connectivity index (χ0v) is 11.2. The fraction of sp³-hybridized carbons (Fsp3) is 0.750. The molecule has 0 aliphatic carbocycles. The van der Waals surface area contributed by atoms with Crippen LogP contribution in [0.3, 0.4) is 0 Å². The highest BCUT2D eigenvalue weighted by atomic mass is 32.1. The Hall–Kier alpha value is -0.410. The topological polar surface area (TPSA) is 24.9 Å². The molecule has 0 aliphatic rings. The molecule has 0 amide bonds. The summed E-state index contributed by atoms with van der Waals surface area (Å²) in [5, 5.41) is 6.87. The van der Waals surface area contributed by atoms with Crippen molar-refractivity contribution in [2.75, 3.05) is 0 Å². The second-order valence-corrected chi connectivity index (χ2v) is 6.01. The van der Waals surface area contributed by atoms with Crippen molar-refractivity contribution in [1.82, 2.24) is 10.3 Å². The van der Waals surface area contributed by atoms with E-state index in [-0.39, 0.29) is 0 Å². The minimum absolute atomic E-state index is 0.306. The van der Waals surface area contributed by atoms with Gasteiger partial charge in [-0.15, -0.1) is 11.3 Å². The molecule has 2 nitrogen and oxygen atoms in total. The Bertz CT molecular complexity index is 274. The molecule has 1 aromatic heterocycles. The van der Waals surface area contributed by atoms with Crippen molar-refractivity contribution in [2.24, 2.45) is 5.41 Å². The van der Waals surface area contributed by atoms with Gasteiger partial charge in [0.05, 0.1) is 6.04 Å². The molecule has 0 fully saturated rings. The Labute approximate surface area is 97.1 Å². The Balaban J connectivity index is 2.60. The van der Waals surface area contributed by atoms with Gasteiger partial charge >= 0.3 is 0 Å². The van der Waals surface area contributed by atoms with Gasteiger partial charge in [0.2, 0.25) is 0 Å². The quantitative estimate of drug-likeness (QED) is 0.848. The molecule has 0 saturated heterocycles. The number of aromatic nitrogens is 1. The Morgan fingerprint density at radius 3 is 2.53 bits per heavy atom. The van der Waals surface area contributed by atoms with Gasteiger partial charge in [0.1, 0.15) is 5.01 Å². The zero-order chi connectivity index (χ0) is 11.5. The number of hydrogen-bond donors (Lipinski definition) is 1. The summed E-state index contributed by atoms with van der Waals surface area (Å²) in [7, 11) is 0. The normalized spacial score (nSPS) is 16.3. The molecule has 0 bridgehead atoms. The number of nitrogens with zero attached hydrogens (tertiary/aromatic N) is 1. The molecular formula is C12H22N2S. The summed E-state index contributed by atoms with van der Waals surface area (Å²) >= 11 is 1.72. The lowest BCUT2D eigenvalue weighted by Crippen LogP contribution is -2.41. The Morgan fingerprint density at radius 2 is 2.13 bits per heavy atom. The van der Waals surface area contributed by atoms with Crippen molar-refractivity contribution < 1.29 is 0 Å². The second-order valence-electron chi connectivity index (χ2n) is 5.09. The minimum atomic E-state index is 0.306. The van der Waals surface area contributed by atoms with Crippen molar-refractivity contribution in [2.45, 2.75) is 53.1 Å². The van der Waals surface area contributed by atoms with Gasteiger partial charge in [-0.2, -0.15) is 0 Å². The summed E-state index contributed by atoms with van der Waals surface area (Å²) in [4.78, 5) is 4.34. The van der Waals surface area contributed by atoms with Crippen LogP contribution in [0.1, 0.15) is 52.1 Å². The van der Waals surface area contributed by atoms with E-state index in [2.05, 4.69) is 44.9 Å². The van der Waals surface area contributed by atoms with E-state index in [1.54, 1.807) is 11.3 Å². The van der Waals surface area contributed by atoms with E-state index >= 15 is 0 Å². The fourth-order valence-corrected chi connectivity index (χ4v) is 2.46. The van der Waals surface area contributed by atoms with Crippen molar-refractivity contribution in [1.29, 1.82) is 0 Å². The monoisotopic (exact) mass is 226 g/mol. The summed E-state index contributed by atoms with van der Waals surface area (Å²) in [6, 6.07) is 0.894. The van der Waals surface area contributed by atoms with Crippen LogP contribution < -0.4 is 5.32 Å². The van der Waals surface area contributed by atoms with E-state index in [4.69, 9.17) is 0 Å². The van der Waals surface area contributed by atoms with Crippen LogP contribution in [-0.2, 0) is 0 Å². The smallest absolute Gasteiger partial charge is 0.109 e. The summed E-state index contributed by atoms with van der Waals surface area (Å²) in [6.45, 7) is 11.3. The average Bonchev–Trinajstić information content (AvgIpc) is 2.64. The molecule has 2 unspecified atom stereocenters. The summed E-state index contributed by atoms with van der Waals surface area (Å²) in [5.41, 5.74) is 0.306. The average molecular weight is 226 g/mol. The first kappa shape index (κ1) is 12.7. The highest BCUT2D eigenvalue weighted by molar-refractivity contribution is 7.09. The molecule has 1 aromatic rings. The number of nitrogens with one attached hydrogen (secondary N) is 1. The second kappa shape index (κ2) is 5.08. The molecule has 0 aliphatic heterocycles. The van der Waals surface area contributed by atoms with E-state index in [9.17, 15) is 0 Å². The lowest BCUT2D eigenvalue weighted by Gasteiger charge is -2.32. The van der Waals surface area contributed by atoms with Crippen LogP contribution in [0.25, 0.3) is 0 Å². The summed E-state index contributed by atoms with van der Waals surface area (Å²) in [5.74, 6) is 0. The van der Waals surface area contributed by atoms with E-state index in [0.717, 1.165) is 6.42 Å². The first-order chi connectivity index (χ1) is 6.95. The van der Waals surface area contributed by atoms with Gasteiger partial charge in [0.25, 0.3) is 0 Å². The van der Waals surface area contributed by atoms with E-state index in [1.807, 2.05) is 11.6 Å². The van der Waals surface area contributed by atoms with Crippen molar-refractivity contribution in [3.05, 3.63) is 16.6 Å². The Morgan fingerprint density at radius 1 is 1.47 bits per heavy atom. The van der Waals surface area contributed by atoms with Crippen LogP contribution in [0.5, 0.6) is 0 Å². The molecular weight excluding hydrogens is 204 g/mol. The SMILES string of the molecule is CCC(NC(C)c1nccs1)C(C)(C)C. The molecule has 1 rings (SSSR count). The maximum atomic E-state index is 4.34. The number of thiazole rings is 1. The van der Waals surface area contributed by atoms with Gasteiger partial charge in [0.15, 0.2) is 0 Å². The largest absolute Gasteiger partial charge is 0.305 e. The number of rotatable bonds is 4. The molecule has 3 heteroatoms. The predicted octanol–water partition coefficient (Wildman–Crippen LogP) is 3.62. The van der Waals surface area contributed by atoms with E-state index in [1.165, 1.54) is 5.01 Å². The van der Waals surface area contributed by atoms with Crippen molar-refractivity contribution in [3.8, 4) is 0 Å². The van der Waals surface area contributed by atoms with Crippen LogP contribution in [0, 0.1) is 5.41 Å². The molecule has 86 valence electrons. The van der Waals surface area contributed by atoms with Crippen LogP contribution in [-0.4, -0.2) is 11.0 Å². The molecule has 1 N–H and O–H groups in total. The highest BCUT2D eigenvalue weighted by Gasteiger charge is 2.24. The van der Waals surface area contributed by atoms with Gasteiger partial charge in [0, 0.05) is 17.6 Å². The molecule has 0 radical (unpaired) electrons. The maximum absolute atomic E-state index is 4.34. The van der Waals surface area contributed by atoms with Gasteiger partial charge in [-0.1, -0.05) is 27.7 Å². The molecule has 2 atom stereocenters. The molecule has 0 aromatic carbocycles. The summed E-state index contributed by atoms with van der Waals surface area (Å²) in [6.07, 6.45) is 3.02. The molecule has 1 heterocycles. The van der Waals surface area contributed by atoms with Gasteiger partial charge in [-0.3, -0.25) is 0 Å². The van der Waals surface area contributed by atoms with Crippen LogP contribution >= 0.6 is 11.3 Å². The van der Waals surface area contributed by atoms with Gasteiger partial charge in [-0.25, -0.2) is 4.98 Å². The van der Waals surface area contributed by atoms with Crippen LogP contribution in [0.4, 0.5) is 0 Å². The first-order valence-electron chi connectivity index (χ1n) is 5.60. The van der Waals surface area contributed by atoms with E-state index in [0.29, 0.717) is 17.5 Å². The minimum Gasteiger partial charge on any atom is -0.305 e. The molecule has 0 saturated carbocycles. The predicted molar refractivity (Wildman–Crippen MR) is 67.2 cm³/mol. The maximum Gasteiger partial charge on any atom is 0.109 e. The fourth-order valence-electron chi connectivity index (χ4n) is 1.80. The third kappa shape index (κ3) is 3.58. The van der Waals surface area contributed by atoms with Crippen LogP contribution in [0.15, 0.2) is 11.6 Å². The third-order valence-corrected chi connectivity index (χ3v) is 3.68. The lowest BCUT2D eigenvalue weighted by molar-refractivity contribution is 0.244.